The van der Waals surface area contributed by atoms with Gasteiger partial charge in [0.1, 0.15) is 11.3 Å². The van der Waals surface area contributed by atoms with Crippen molar-refractivity contribution in [1.82, 2.24) is 24.3 Å². The number of aryl methyl sites for hydroxylation is 2. The van der Waals surface area contributed by atoms with Gasteiger partial charge in [0.05, 0.1) is 11.1 Å². The van der Waals surface area contributed by atoms with Gasteiger partial charge in [0.2, 0.25) is 11.8 Å². The second-order valence-corrected chi connectivity index (χ2v) is 11.4. The summed E-state index contributed by atoms with van der Waals surface area (Å²) in [5.74, 6) is 0.610. The Kier molecular flexibility index (Phi) is 7.74. The first-order valence-corrected chi connectivity index (χ1v) is 14.3. The molecular formula is C31H34F3N7O2. The zero-order valence-electron chi connectivity index (χ0n) is 24.3. The van der Waals surface area contributed by atoms with Crippen molar-refractivity contribution in [3.8, 4) is 11.6 Å². The van der Waals surface area contributed by atoms with Crippen LogP contribution in [-0.4, -0.2) is 69.5 Å². The molecule has 12 heteroatoms. The van der Waals surface area contributed by atoms with E-state index < -0.39 is 17.6 Å². The summed E-state index contributed by atoms with van der Waals surface area (Å²) >= 11 is 0. The Morgan fingerprint density at radius 2 is 1.79 bits per heavy atom. The van der Waals surface area contributed by atoms with Crippen LogP contribution in [0.2, 0.25) is 0 Å². The molecule has 1 aliphatic carbocycles. The topological polar surface area (TPSA) is 87.5 Å². The molecule has 1 saturated heterocycles. The van der Waals surface area contributed by atoms with Crippen LogP contribution < -0.4 is 15.4 Å². The maximum Gasteiger partial charge on any atom is 0.416 e. The molecule has 1 amide bonds. The highest BCUT2D eigenvalue weighted by molar-refractivity contribution is 6.05. The van der Waals surface area contributed by atoms with E-state index >= 15 is 0 Å². The van der Waals surface area contributed by atoms with Gasteiger partial charge >= 0.3 is 6.18 Å². The van der Waals surface area contributed by atoms with E-state index in [0.29, 0.717) is 47.9 Å². The lowest BCUT2D eigenvalue weighted by atomic mass is 10.0. The lowest BCUT2D eigenvalue weighted by molar-refractivity contribution is -0.138. The van der Waals surface area contributed by atoms with Crippen LogP contribution in [0.25, 0.3) is 11.0 Å². The normalized spacial score (nSPS) is 16.4. The molecule has 6 rings (SSSR count). The summed E-state index contributed by atoms with van der Waals surface area (Å²) in [5, 5.41) is 6.07. The largest absolute Gasteiger partial charge is 0.437 e. The highest BCUT2D eigenvalue weighted by Crippen LogP contribution is 2.35. The second-order valence-electron chi connectivity index (χ2n) is 11.4. The van der Waals surface area contributed by atoms with Crippen molar-refractivity contribution in [2.24, 2.45) is 7.05 Å². The maximum atomic E-state index is 14.1. The Labute approximate surface area is 247 Å². The Hall–Kier alpha value is -4.16. The molecule has 9 nitrogen and oxygen atoms in total. The summed E-state index contributed by atoms with van der Waals surface area (Å²) < 4.78 is 50.3. The fourth-order valence-corrected chi connectivity index (χ4v) is 5.17. The van der Waals surface area contributed by atoms with E-state index in [9.17, 15) is 18.0 Å². The van der Waals surface area contributed by atoms with Crippen molar-refractivity contribution >= 4 is 28.6 Å². The lowest BCUT2D eigenvalue weighted by Gasteiger charge is -2.33. The molecule has 1 aliphatic heterocycles. The smallest absolute Gasteiger partial charge is 0.416 e. The molecule has 0 bridgehead atoms. The first kappa shape index (κ1) is 28.9. The van der Waals surface area contributed by atoms with Crippen molar-refractivity contribution in [3.05, 3.63) is 70.9 Å². The van der Waals surface area contributed by atoms with Crippen LogP contribution >= 0.6 is 0 Å². The van der Waals surface area contributed by atoms with E-state index in [-0.39, 0.29) is 17.7 Å². The SMILES string of the molecule is Cc1ccc(Oc2nc(NC3CC3)nc3ccn(C)c23)cc1NC(=O)c1ccc(CN2CCN(C)CC2)c(C(F)(F)F)c1. The van der Waals surface area contributed by atoms with E-state index in [1.807, 2.05) is 35.8 Å². The molecule has 0 radical (unpaired) electrons. The highest BCUT2D eigenvalue weighted by atomic mass is 19.4. The second kappa shape index (κ2) is 11.5. The van der Waals surface area contributed by atoms with Gasteiger partial charge in [-0.05, 0) is 62.2 Å². The highest BCUT2D eigenvalue weighted by Gasteiger charge is 2.35. The number of ether oxygens (including phenoxy) is 1. The Morgan fingerprint density at radius 1 is 1.02 bits per heavy atom. The molecule has 1 saturated carbocycles. The van der Waals surface area contributed by atoms with Crippen LogP contribution in [0.3, 0.4) is 0 Å². The number of rotatable bonds is 8. The summed E-state index contributed by atoms with van der Waals surface area (Å²) in [4.78, 5) is 26.6. The Bertz CT molecular complexity index is 1660. The number of hydrogen-bond acceptors (Lipinski definition) is 7. The molecule has 0 unspecified atom stereocenters. The molecule has 226 valence electrons. The number of carbonyl (C=O) groups excluding carboxylic acids is 1. The molecule has 43 heavy (non-hydrogen) atoms. The van der Waals surface area contributed by atoms with Crippen LogP contribution in [0.15, 0.2) is 48.7 Å². The van der Waals surface area contributed by atoms with Gasteiger partial charge in [-0.2, -0.15) is 18.2 Å². The number of carbonyl (C=O) groups is 1. The number of piperazine rings is 1. The first-order valence-electron chi connectivity index (χ1n) is 14.3. The summed E-state index contributed by atoms with van der Waals surface area (Å²) in [5.41, 5.74) is 1.89. The number of alkyl halides is 3. The fraction of sp³-hybridized carbons (Fsp3) is 0.387. The van der Waals surface area contributed by atoms with Crippen LogP contribution in [0, 0.1) is 6.92 Å². The van der Waals surface area contributed by atoms with E-state index in [2.05, 4.69) is 25.5 Å². The molecule has 3 heterocycles. The quantitative estimate of drug-likeness (QED) is 0.273. The number of halogens is 3. The van der Waals surface area contributed by atoms with Crippen molar-refractivity contribution in [3.63, 3.8) is 0 Å². The van der Waals surface area contributed by atoms with Gasteiger partial charge in [-0.15, -0.1) is 0 Å². The van der Waals surface area contributed by atoms with Gasteiger partial charge in [0.25, 0.3) is 5.91 Å². The van der Waals surface area contributed by atoms with Crippen LogP contribution in [0.4, 0.5) is 24.8 Å². The first-order chi connectivity index (χ1) is 20.5. The summed E-state index contributed by atoms with van der Waals surface area (Å²) in [6.07, 6.45) is -0.581. The van der Waals surface area contributed by atoms with Gasteiger partial charge in [0, 0.05) is 69.3 Å². The van der Waals surface area contributed by atoms with Crippen molar-refractivity contribution < 1.29 is 22.7 Å². The van der Waals surface area contributed by atoms with Crippen LogP contribution in [0.1, 0.15) is 39.9 Å². The van der Waals surface area contributed by atoms with Gasteiger partial charge in [0.15, 0.2) is 0 Å². The summed E-state index contributed by atoms with van der Waals surface area (Å²) in [6.45, 7) is 4.97. The third-order valence-electron chi connectivity index (χ3n) is 7.94. The molecule has 2 N–H and O–H groups in total. The zero-order chi connectivity index (χ0) is 30.3. The zero-order valence-corrected chi connectivity index (χ0v) is 24.3. The molecule has 2 aromatic heterocycles. The number of fused-ring (bicyclic) bond motifs is 1. The molecule has 0 spiro atoms. The van der Waals surface area contributed by atoms with Crippen LogP contribution in [0.5, 0.6) is 11.6 Å². The van der Waals surface area contributed by atoms with E-state index in [1.165, 1.54) is 12.1 Å². The van der Waals surface area contributed by atoms with Gasteiger partial charge in [-0.1, -0.05) is 12.1 Å². The average molecular weight is 594 g/mol. The number of amides is 1. The van der Waals surface area contributed by atoms with E-state index in [0.717, 1.165) is 43.1 Å². The van der Waals surface area contributed by atoms with E-state index in [1.54, 1.807) is 25.1 Å². The Balaban J connectivity index is 1.22. The molecule has 2 fully saturated rings. The van der Waals surface area contributed by atoms with Crippen molar-refractivity contribution in [2.75, 3.05) is 43.9 Å². The number of likely N-dealkylation sites (N-methyl/N-ethyl adjacent to an activating group) is 1. The minimum Gasteiger partial charge on any atom is -0.437 e. The maximum absolute atomic E-state index is 14.1. The number of aromatic nitrogens is 3. The number of benzene rings is 2. The number of nitrogens with one attached hydrogen (secondary N) is 2. The predicted octanol–water partition coefficient (Wildman–Crippen LogP) is 5.66. The molecule has 2 aliphatic rings. The minimum atomic E-state index is -4.59. The van der Waals surface area contributed by atoms with E-state index in [4.69, 9.17) is 4.74 Å². The molecular weight excluding hydrogens is 559 g/mol. The number of hydrogen-bond donors (Lipinski definition) is 2. The molecule has 2 aromatic carbocycles. The third kappa shape index (κ3) is 6.60. The summed E-state index contributed by atoms with van der Waals surface area (Å²) in [6, 6.07) is 11.2. The summed E-state index contributed by atoms with van der Waals surface area (Å²) in [7, 11) is 3.87. The lowest BCUT2D eigenvalue weighted by Crippen LogP contribution is -2.44. The monoisotopic (exact) mass is 593 g/mol. The fourth-order valence-electron chi connectivity index (χ4n) is 5.17. The molecule has 4 aromatic rings. The van der Waals surface area contributed by atoms with Gasteiger partial charge in [-0.25, -0.2) is 4.98 Å². The number of nitrogens with zero attached hydrogens (tertiary/aromatic N) is 5. The molecule has 0 atom stereocenters. The van der Waals surface area contributed by atoms with Gasteiger partial charge in [-0.3, -0.25) is 9.69 Å². The predicted molar refractivity (Wildman–Crippen MR) is 159 cm³/mol. The van der Waals surface area contributed by atoms with Crippen LogP contribution in [-0.2, 0) is 19.8 Å². The minimum absolute atomic E-state index is 0.0720. The Morgan fingerprint density at radius 3 is 2.51 bits per heavy atom. The van der Waals surface area contributed by atoms with Crippen molar-refractivity contribution in [1.29, 1.82) is 0 Å². The average Bonchev–Trinajstić information content (AvgIpc) is 3.70. The van der Waals surface area contributed by atoms with Gasteiger partial charge < -0.3 is 24.8 Å². The third-order valence-corrected chi connectivity index (χ3v) is 7.94. The van der Waals surface area contributed by atoms with Crippen molar-refractivity contribution in [2.45, 2.75) is 38.5 Å². The number of anilines is 2. The standard InChI is InChI=1S/C31H34F3N7O2/c1-19-4-9-23(43-29-27-25(10-11-40(27)3)37-30(38-29)35-22-7-8-22)17-26(19)36-28(42)20-5-6-21(24(16-20)31(32,33)34)18-41-14-12-39(2)13-15-41/h4-6,9-11,16-17,22H,7-8,12-15,18H2,1-3H3,(H,36,42)(H,35,37,38).